The van der Waals surface area contributed by atoms with E-state index in [1.807, 2.05) is 24.3 Å². The zero-order valence-corrected chi connectivity index (χ0v) is 23.7. The van der Waals surface area contributed by atoms with Gasteiger partial charge in [-0.3, -0.25) is 9.59 Å². The van der Waals surface area contributed by atoms with Crippen LogP contribution in [0.15, 0.2) is 60.7 Å². The van der Waals surface area contributed by atoms with Crippen LogP contribution in [-0.2, 0) is 0 Å². The molecular weight excluding hydrogens is 472 g/mol. The van der Waals surface area contributed by atoms with Crippen molar-refractivity contribution in [3.8, 4) is 11.5 Å². The van der Waals surface area contributed by atoms with E-state index in [1.54, 1.807) is 24.3 Å². The van der Waals surface area contributed by atoms with Gasteiger partial charge in [0.1, 0.15) is 11.5 Å². The minimum atomic E-state index is -0.202. The standard InChI is InChI=1S/C34H48O4/c1-3-5-7-9-11-13-15-27-37-31-21-17-29(18-22-31)33(35)25-26-34(36)30-19-23-32(24-20-30)38-28-16-14-12-10-8-6-4-2/h17-26H,3-16,27-28H2,1-2H3. The maximum Gasteiger partial charge on any atom is 0.185 e. The lowest BCUT2D eigenvalue weighted by Gasteiger charge is -2.07. The molecule has 0 atom stereocenters. The molecule has 0 bridgehead atoms. The van der Waals surface area contributed by atoms with Crippen LogP contribution >= 0.6 is 0 Å². The summed E-state index contributed by atoms with van der Waals surface area (Å²) in [5.41, 5.74) is 1.07. The number of carbonyl (C=O) groups excluding carboxylic acids is 2. The minimum absolute atomic E-state index is 0.202. The summed E-state index contributed by atoms with van der Waals surface area (Å²) < 4.78 is 11.6. The first-order chi connectivity index (χ1) is 18.6. The second kappa shape index (κ2) is 20.1. The van der Waals surface area contributed by atoms with E-state index in [2.05, 4.69) is 13.8 Å². The normalized spacial score (nSPS) is 11.1. The predicted octanol–water partition coefficient (Wildman–Crippen LogP) is 9.57. The number of unbranched alkanes of at least 4 members (excludes halogenated alkanes) is 12. The fourth-order valence-corrected chi connectivity index (χ4v) is 4.27. The van der Waals surface area contributed by atoms with E-state index in [0.29, 0.717) is 24.3 Å². The molecule has 0 spiro atoms. The second-order valence-electron chi connectivity index (χ2n) is 10.1. The molecule has 2 aromatic rings. The van der Waals surface area contributed by atoms with Crippen LogP contribution < -0.4 is 9.47 Å². The Balaban J connectivity index is 1.66. The van der Waals surface area contributed by atoms with Crippen molar-refractivity contribution < 1.29 is 19.1 Å². The van der Waals surface area contributed by atoms with Crippen LogP contribution in [0.3, 0.4) is 0 Å². The van der Waals surface area contributed by atoms with Crippen molar-refractivity contribution in [1.29, 1.82) is 0 Å². The van der Waals surface area contributed by atoms with Gasteiger partial charge < -0.3 is 9.47 Å². The molecule has 4 heteroatoms. The van der Waals surface area contributed by atoms with Crippen LogP contribution in [0.1, 0.15) is 124 Å². The third kappa shape index (κ3) is 13.6. The largest absolute Gasteiger partial charge is 0.494 e. The Hall–Kier alpha value is -2.88. The molecule has 0 unspecified atom stereocenters. The molecule has 38 heavy (non-hydrogen) atoms. The molecule has 0 aliphatic rings. The molecule has 0 amide bonds. The Morgan fingerprint density at radius 3 is 1.16 bits per heavy atom. The van der Waals surface area contributed by atoms with Gasteiger partial charge in [0.15, 0.2) is 11.6 Å². The highest BCUT2D eigenvalue weighted by molar-refractivity contribution is 6.11. The zero-order valence-electron chi connectivity index (χ0n) is 23.7. The fraction of sp³-hybridized carbons (Fsp3) is 0.529. The third-order valence-corrected chi connectivity index (χ3v) is 6.70. The number of ketones is 2. The highest BCUT2D eigenvalue weighted by Gasteiger charge is 2.06. The average molecular weight is 521 g/mol. The SMILES string of the molecule is CCCCCCCCCOc1ccc(C(=O)C=CC(=O)c2ccc(OCCCCCCCCC)cc2)cc1. The summed E-state index contributed by atoms with van der Waals surface area (Å²) >= 11 is 0. The monoisotopic (exact) mass is 520 g/mol. The van der Waals surface area contributed by atoms with Crippen LogP contribution in [0, 0.1) is 0 Å². The lowest BCUT2D eigenvalue weighted by molar-refractivity contribution is 0.102. The topological polar surface area (TPSA) is 52.6 Å². The van der Waals surface area contributed by atoms with Crippen LogP contribution in [0.25, 0.3) is 0 Å². The number of rotatable bonds is 22. The predicted molar refractivity (Wildman–Crippen MR) is 158 cm³/mol. The van der Waals surface area contributed by atoms with Gasteiger partial charge in [0.25, 0.3) is 0 Å². The molecule has 0 heterocycles. The molecule has 0 N–H and O–H groups in total. The molecule has 0 aliphatic heterocycles. The van der Waals surface area contributed by atoms with Crippen LogP contribution in [0.2, 0.25) is 0 Å². The first kappa shape index (κ1) is 31.3. The number of benzene rings is 2. The summed E-state index contributed by atoms with van der Waals surface area (Å²) in [6.45, 7) is 5.85. The lowest BCUT2D eigenvalue weighted by atomic mass is 10.1. The summed E-state index contributed by atoms with van der Waals surface area (Å²) in [6, 6.07) is 14.2. The summed E-state index contributed by atoms with van der Waals surface area (Å²) in [5, 5.41) is 0. The van der Waals surface area contributed by atoms with Gasteiger partial charge in [0.2, 0.25) is 0 Å². The van der Waals surface area contributed by atoms with Gasteiger partial charge in [-0.15, -0.1) is 0 Å². The van der Waals surface area contributed by atoms with Gasteiger partial charge in [0.05, 0.1) is 13.2 Å². The molecule has 208 valence electrons. The Morgan fingerprint density at radius 2 is 0.816 bits per heavy atom. The van der Waals surface area contributed by atoms with E-state index in [1.165, 1.54) is 89.2 Å². The van der Waals surface area contributed by atoms with E-state index in [4.69, 9.17) is 9.47 Å². The molecule has 0 fully saturated rings. The molecule has 0 saturated carbocycles. The minimum Gasteiger partial charge on any atom is -0.494 e. The van der Waals surface area contributed by atoms with E-state index in [0.717, 1.165) is 24.3 Å². The van der Waals surface area contributed by atoms with Crippen LogP contribution in [-0.4, -0.2) is 24.8 Å². The van der Waals surface area contributed by atoms with Crippen LogP contribution in [0.4, 0.5) is 0 Å². The third-order valence-electron chi connectivity index (χ3n) is 6.70. The maximum atomic E-state index is 12.5. The molecule has 0 aromatic heterocycles. The first-order valence-corrected chi connectivity index (χ1v) is 14.9. The van der Waals surface area contributed by atoms with Gasteiger partial charge >= 0.3 is 0 Å². The quantitative estimate of drug-likeness (QED) is 0.0881. The first-order valence-electron chi connectivity index (χ1n) is 14.9. The summed E-state index contributed by atoms with van der Waals surface area (Å²) in [5.74, 6) is 1.13. The Bertz CT molecular complexity index is 850. The molecule has 0 saturated heterocycles. The summed E-state index contributed by atoms with van der Waals surface area (Å²) in [7, 11) is 0. The van der Waals surface area contributed by atoms with E-state index >= 15 is 0 Å². The number of hydrogen-bond donors (Lipinski definition) is 0. The average Bonchev–Trinajstić information content (AvgIpc) is 2.95. The number of allylic oxidation sites excluding steroid dienone is 2. The van der Waals surface area contributed by atoms with Crippen molar-refractivity contribution in [2.24, 2.45) is 0 Å². The smallest absolute Gasteiger partial charge is 0.185 e. The lowest BCUT2D eigenvalue weighted by Crippen LogP contribution is -2.01. The summed E-state index contributed by atoms with van der Waals surface area (Å²) in [6.07, 6.45) is 20.1. The molecule has 0 radical (unpaired) electrons. The Labute approximate surface area is 230 Å². The zero-order chi connectivity index (χ0) is 27.3. The Morgan fingerprint density at radius 1 is 0.500 bits per heavy atom. The van der Waals surface area contributed by atoms with Gasteiger partial charge in [-0.1, -0.05) is 90.9 Å². The van der Waals surface area contributed by atoms with E-state index in [-0.39, 0.29) is 11.6 Å². The molecule has 4 nitrogen and oxygen atoms in total. The van der Waals surface area contributed by atoms with Crippen molar-refractivity contribution in [3.63, 3.8) is 0 Å². The van der Waals surface area contributed by atoms with Gasteiger partial charge in [-0.2, -0.15) is 0 Å². The highest BCUT2D eigenvalue weighted by Crippen LogP contribution is 2.16. The Kier molecular flexibility index (Phi) is 16.6. The van der Waals surface area contributed by atoms with Gasteiger partial charge in [-0.25, -0.2) is 0 Å². The van der Waals surface area contributed by atoms with Crippen molar-refractivity contribution in [2.45, 2.75) is 104 Å². The maximum absolute atomic E-state index is 12.5. The van der Waals surface area contributed by atoms with Gasteiger partial charge in [-0.05, 0) is 73.5 Å². The number of hydrogen-bond acceptors (Lipinski definition) is 4. The van der Waals surface area contributed by atoms with Crippen molar-refractivity contribution in [1.82, 2.24) is 0 Å². The molecular formula is C34H48O4. The van der Waals surface area contributed by atoms with Crippen molar-refractivity contribution >= 4 is 11.6 Å². The van der Waals surface area contributed by atoms with Crippen molar-refractivity contribution in [2.75, 3.05) is 13.2 Å². The van der Waals surface area contributed by atoms with E-state index < -0.39 is 0 Å². The number of ether oxygens (including phenoxy) is 2. The van der Waals surface area contributed by atoms with Crippen molar-refractivity contribution in [3.05, 3.63) is 71.8 Å². The van der Waals surface area contributed by atoms with E-state index in [9.17, 15) is 9.59 Å². The highest BCUT2D eigenvalue weighted by atomic mass is 16.5. The molecule has 0 aliphatic carbocycles. The van der Waals surface area contributed by atoms with Crippen LogP contribution in [0.5, 0.6) is 11.5 Å². The molecule has 2 rings (SSSR count). The van der Waals surface area contributed by atoms with Gasteiger partial charge in [0, 0.05) is 11.1 Å². The summed E-state index contributed by atoms with van der Waals surface area (Å²) in [4.78, 5) is 25.0. The molecule has 2 aromatic carbocycles. The fourth-order valence-electron chi connectivity index (χ4n) is 4.27. The second-order valence-corrected chi connectivity index (χ2v) is 10.1. The number of carbonyl (C=O) groups is 2.